The van der Waals surface area contributed by atoms with Crippen LogP contribution in [-0.4, -0.2) is 38.9 Å². The van der Waals surface area contributed by atoms with Crippen molar-refractivity contribution in [2.75, 3.05) is 6.61 Å². The largest absolute Gasteiger partial charge is 0.462 e. The summed E-state index contributed by atoms with van der Waals surface area (Å²) in [4.78, 5) is 28.1. The molecule has 0 aliphatic rings. The van der Waals surface area contributed by atoms with Gasteiger partial charge in [-0.3, -0.25) is 4.79 Å². The predicted molar refractivity (Wildman–Crippen MR) is 96.6 cm³/mol. The van der Waals surface area contributed by atoms with Crippen molar-refractivity contribution in [1.82, 2.24) is 14.8 Å². The van der Waals surface area contributed by atoms with Gasteiger partial charge < -0.3 is 9.47 Å². The smallest absolute Gasteiger partial charge is 0.434 e. The summed E-state index contributed by atoms with van der Waals surface area (Å²) in [7, 11) is 0. The van der Waals surface area contributed by atoms with Gasteiger partial charge in [-0.05, 0) is 46.2 Å². The van der Waals surface area contributed by atoms with Crippen molar-refractivity contribution >= 4 is 11.9 Å². The Labute approximate surface area is 165 Å². The van der Waals surface area contributed by atoms with Gasteiger partial charge in [0.25, 0.3) is 0 Å². The molecule has 0 amide bonds. The quantitative estimate of drug-likeness (QED) is 0.696. The van der Waals surface area contributed by atoms with Gasteiger partial charge in [-0.25, -0.2) is 14.5 Å². The van der Waals surface area contributed by atoms with Crippen molar-refractivity contribution in [3.05, 3.63) is 40.8 Å². The van der Waals surface area contributed by atoms with Crippen LogP contribution in [0.1, 0.15) is 55.0 Å². The molecule has 0 aliphatic heterocycles. The number of halogens is 3. The van der Waals surface area contributed by atoms with Crippen LogP contribution in [0.2, 0.25) is 0 Å². The van der Waals surface area contributed by atoms with E-state index in [2.05, 4.69) is 10.1 Å². The van der Waals surface area contributed by atoms with Gasteiger partial charge in [0, 0.05) is 0 Å². The fourth-order valence-corrected chi connectivity index (χ4v) is 2.54. The van der Waals surface area contributed by atoms with Crippen molar-refractivity contribution in [3.8, 4) is 5.82 Å². The molecule has 0 aromatic carbocycles. The monoisotopic (exact) mass is 413 g/mol. The molecular weight excluding hydrogens is 391 g/mol. The van der Waals surface area contributed by atoms with Crippen LogP contribution in [0, 0.1) is 6.92 Å². The SMILES string of the molecule is CCOC(=O)c1cnn(-c2nc(CC(=O)OC(C)(C)C)ccc2C)c1C(F)(F)F. The molecule has 2 aromatic heterocycles. The molecule has 0 bridgehead atoms. The summed E-state index contributed by atoms with van der Waals surface area (Å²) in [6.45, 7) is 8.07. The number of alkyl halides is 3. The zero-order valence-corrected chi connectivity index (χ0v) is 16.8. The van der Waals surface area contributed by atoms with E-state index >= 15 is 0 Å². The average Bonchev–Trinajstić information content (AvgIpc) is 3.00. The van der Waals surface area contributed by atoms with Gasteiger partial charge in [0.1, 0.15) is 11.2 Å². The third kappa shape index (κ3) is 5.55. The number of pyridine rings is 1. The first-order chi connectivity index (χ1) is 13.3. The summed E-state index contributed by atoms with van der Waals surface area (Å²) in [5.41, 5.74) is -2.12. The number of ether oxygens (including phenoxy) is 2. The molecule has 0 fully saturated rings. The lowest BCUT2D eigenvalue weighted by molar-refractivity contribution is -0.154. The summed E-state index contributed by atoms with van der Waals surface area (Å²) in [5.74, 6) is -1.84. The van der Waals surface area contributed by atoms with E-state index in [-0.39, 0.29) is 24.5 Å². The van der Waals surface area contributed by atoms with Crippen LogP contribution in [-0.2, 0) is 26.9 Å². The van der Waals surface area contributed by atoms with E-state index in [0.717, 1.165) is 6.20 Å². The second kappa shape index (κ2) is 8.22. The van der Waals surface area contributed by atoms with Crippen molar-refractivity contribution in [3.63, 3.8) is 0 Å². The number of carbonyl (C=O) groups is 2. The topological polar surface area (TPSA) is 83.3 Å². The Balaban J connectivity index is 2.49. The molecule has 29 heavy (non-hydrogen) atoms. The number of aromatic nitrogens is 3. The lowest BCUT2D eigenvalue weighted by Gasteiger charge is -2.19. The summed E-state index contributed by atoms with van der Waals surface area (Å²) < 4.78 is 51.5. The number of rotatable bonds is 5. The molecule has 2 aromatic rings. The number of hydrogen-bond acceptors (Lipinski definition) is 6. The molecule has 0 unspecified atom stereocenters. The van der Waals surface area contributed by atoms with Crippen LogP contribution in [0.4, 0.5) is 13.2 Å². The molecular formula is C19H22F3N3O4. The van der Waals surface area contributed by atoms with Gasteiger partial charge in [-0.2, -0.15) is 18.3 Å². The zero-order chi connectivity index (χ0) is 22.0. The maximum Gasteiger partial charge on any atom is 0.434 e. The van der Waals surface area contributed by atoms with Crippen LogP contribution in [0.3, 0.4) is 0 Å². The van der Waals surface area contributed by atoms with E-state index < -0.39 is 35.0 Å². The number of carbonyl (C=O) groups excluding carboxylic acids is 2. The summed E-state index contributed by atoms with van der Waals surface area (Å²) in [5, 5.41) is 3.71. The molecule has 0 radical (unpaired) electrons. The predicted octanol–water partition coefficient (Wildman–Crippen LogP) is 3.66. The van der Waals surface area contributed by atoms with Gasteiger partial charge >= 0.3 is 18.1 Å². The van der Waals surface area contributed by atoms with Crippen molar-refractivity contribution in [2.45, 2.75) is 52.8 Å². The normalized spacial score (nSPS) is 12.0. The van der Waals surface area contributed by atoms with Crippen molar-refractivity contribution in [2.24, 2.45) is 0 Å². The second-order valence-corrected chi connectivity index (χ2v) is 7.24. The number of esters is 2. The minimum Gasteiger partial charge on any atom is -0.462 e. The van der Waals surface area contributed by atoms with Crippen molar-refractivity contribution < 1.29 is 32.2 Å². The molecule has 2 rings (SSSR count). The molecule has 158 valence electrons. The van der Waals surface area contributed by atoms with Crippen molar-refractivity contribution in [1.29, 1.82) is 0 Å². The van der Waals surface area contributed by atoms with E-state index in [1.165, 1.54) is 19.1 Å². The van der Waals surface area contributed by atoms with Gasteiger partial charge in [0.05, 0.1) is 24.9 Å². The highest BCUT2D eigenvalue weighted by atomic mass is 19.4. The molecule has 0 N–H and O–H groups in total. The molecule has 7 nitrogen and oxygen atoms in total. The van der Waals surface area contributed by atoms with Gasteiger partial charge in [0.2, 0.25) is 0 Å². The molecule has 0 aliphatic carbocycles. The lowest BCUT2D eigenvalue weighted by Crippen LogP contribution is -2.25. The van der Waals surface area contributed by atoms with Crippen LogP contribution >= 0.6 is 0 Å². The minimum atomic E-state index is -4.88. The van der Waals surface area contributed by atoms with Crippen LogP contribution in [0.25, 0.3) is 5.82 Å². The molecule has 10 heteroatoms. The first-order valence-corrected chi connectivity index (χ1v) is 8.84. The Morgan fingerprint density at radius 3 is 2.38 bits per heavy atom. The Morgan fingerprint density at radius 1 is 1.17 bits per heavy atom. The van der Waals surface area contributed by atoms with Crippen LogP contribution < -0.4 is 0 Å². The van der Waals surface area contributed by atoms with Crippen LogP contribution in [0.5, 0.6) is 0 Å². The fourth-order valence-electron chi connectivity index (χ4n) is 2.54. The number of aryl methyl sites for hydroxylation is 1. The molecule has 2 heterocycles. The van der Waals surface area contributed by atoms with E-state index in [0.29, 0.717) is 10.2 Å². The minimum absolute atomic E-state index is 0.0794. The summed E-state index contributed by atoms with van der Waals surface area (Å²) >= 11 is 0. The standard InChI is InChI=1S/C19H22F3N3O4/c1-6-28-17(27)13-10-23-25(15(13)19(20,21)22)16-11(2)7-8-12(24-16)9-14(26)29-18(3,4)5/h7-8,10H,6,9H2,1-5H3. The first-order valence-electron chi connectivity index (χ1n) is 8.84. The van der Waals surface area contributed by atoms with E-state index in [1.807, 2.05) is 0 Å². The second-order valence-electron chi connectivity index (χ2n) is 7.24. The zero-order valence-electron chi connectivity index (χ0n) is 16.8. The molecule has 0 atom stereocenters. The van der Waals surface area contributed by atoms with Gasteiger partial charge in [-0.1, -0.05) is 6.07 Å². The first kappa shape index (κ1) is 22.4. The molecule has 0 spiro atoms. The molecule has 0 saturated carbocycles. The third-order valence-corrected chi connectivity index (χ3v) is 3.61. The average molecular weight is 413 g/mol. The number of hydrogen-bond donors (Lipinski definition) is 0. The molecule has 0 saturated heterocycles. The van der Waals surface area contributed by atoms with Gasteiger partial charge in [0.15, 0.2) is 11.5 Å². The Kier molecular flexibility index (Phi) is 6.34. The van der Waals surface area contributed by atoms with Crippen LogP contribution in [0.15, 0.2) is 18.3 Å². The Bertz CT molecular complexity index is 914. The Hall–Kier alpha value is -2.91. The Morgan fingerprint density at radius 2 is 1.83 bits per heavy atom. The van der Waals surface area contributed by atoms with E-state index in [4.69, 9.17) is 9.47 Å². The van der Waals surface area contributed by atoms with Gasteiger partial charge in [-0.15, -0.1) is 0 Å². The lowest BCUT2D eigenvalue weighted by atomic mass is 10.2. The maximum atomic E-state index is 13.7. The fraction of sp³-hybridized carbons (Fsp3) is 0.474. The summed E-state index contributed by atoms with van der Waals surface area (Å²) in [6.07, 6.45) is -4.31. The van der Waals surface area contributed by atoms with E-state index in [9.17, 15) is 22.8 Å². The maximum absolute atomic E-state index is 13.7. The summed E-state index contributed by atoms with van der Waals surface area (Å²) in [6, 6.07) is 3.04. The highest BCUT2D eigenvalue weighted by molar-refractivity contribution is 5.90. The van der Waals surface area contributed by atoms with E-state index in [1.54, 1.807) is 27.7 Å². The highest BCUT2D eigenvalue weighted by Gasteiger charge is 2.41. The highest BCUT2D eigenvalue weighted by Crippen LogP contribution is 2.34. The third-order valence-electron chi connectivity index (χ3n) is 3.61. The number of nitrogens with zero attached hydrogens (tertiary/aromatic N) is 3.